The van der Waals surface area contributed by atoms with Crippen molar-refractivity contribution in [2.45, 2.75) is 18.6 Å². The average molecular weight is 424 g/mol. The summed E-state index contributed by atoms with van der Waals surface area (Å²) < 4.78 is 8.95. The molecule has 0 radical (unpaired) electrons. The summed E-state index contributed by atoms with van der Waals surface area (Å²) in [5.41, 5.74) is 3.45. The molecule has 0 spiro atoms. The van der Waals surface area contributed by atoms with Crippen LogP contribution in [0.4, 0.5) is 5.69 Å². The van der Waals surface area contributed by atoms with Gasteiger partial charge in [0.15, 0.2) is 11.0 Å². The molecule has 0 saturated heterocycles. The molecule has 0 aliphatic heterocycles. The molecule has 1 N–H and O–H groups in total. The minimum atomic E-state index is -0.143. The van der Waals surface area contributed by atoms with Gasteiger partial charge < -0.3 is 14.6 Å². The van der Waals surface area contributed by atoms with Crippen LogP contribution in [0.5, 0.6) is 5.75 Å². The predicted octanol–water partition coefficient (Wildman–Crippen LogP) is 2.66. The van der Waals surface area contributed by atoms with Gasteiger partial charge in [0.2, 0.25) is 5.91 Å². The summed E-state index contributed by atoms with van der Waals surface area (Å²) in [5.74, 6) is 1.42. The van der Waals surface area contributed by atoms with Crippen molar-refractivity contribution in [2.24, 2.45) is 7.05 Å². The third-order valence-corrected chi connectivity index (χ3v) is 5.62. The third-order valence-electron chi connectivity index (χ3n) is 4.60. The van der Waals surface area contributed by atoms with Crippen molar-refractivity contribution in [3.05, 3.63) is 53.9 Å². The molecule has 0 unspecified atom stereocenters. The Morgan fingerprint density at radius 3 is 2.83 bits per heavy atom. The van der Waals surface area contributed by atoms with Crippen molar-refractivity contribution >= 4 is 34.4 Å². The number of nitrogens with zero attached hydrogens (tertiary/aromatic N) is 6. The maximum absolute atomic E-state index is 12.4. The molecule has 0 aliphatic rings. The smallest absolute Gasteiger partial charge is 0.234 e. The van der Waals surface area contributed by atoms with Crippen LogP contribution in [-0.2, 0) is 18.4 Å². The first-order valence-corrected chi connectivity index (χ1v) is 10.3. The van der Waals surface area contributed by atoms with Gasteiger partial charge in [0.25, 0.3) is 0 Å². The number of para-hydroxylation sites is 1. The van der Waals surface area contributed by atoms with Crippen LogP contribution in [0.2, 0.25) is 0 Å². The Kier molecular flexibility index (Phi) is 5.66. The number of amides is 1. The second kappa shape index (κ2) is 8.54. The van der Waals surface area contributed by atoms with Gasteiger partial charge in [-0.25, -0.2) is 4.68 Å². The Morgan fingerprint density at radius 2 is 2.00 bits per heavy atom. The number of aromatic nitrogens is 6. The van der Waals surface area contributed by atoms with Crippen LogP contribution >= 0.6 is 11.8 Å². The Hall–Kier alpha value is -3.40. The Bertz CT molecular complexity index is 1200. The molecule has 2 aromatic heterocycles. The number of methoxy groups -OCH3 is 1. The molecule has 0 saturated carbocycles. The van der Waals surface area contributed by atoms with E-state index in [0.29, 0.717) is 23.1 Å². The van der Waals surface area contributed by atoms with E-state index in [4.69, 9.17) is 4.74 Å². The molecule has 9 nitrogen and oxygen atoms in total. The molecule has 30 heavy (non-hydrogen) atoms. The molecule has 4 rings (SSSR count). The molecular formula is C20H21N7O2S. The minimum Gasteiger partial charge on any atom is -0.495 e. The van der Waals surface area contributed by atoms with Gasteiger partial charge in [-0.05, 0) is 36.8 Å². The van der Waals surface area contributed by atoms with Crippen molar-refractivity contribution in [1.82, 2.24) is 29.8 Å². The summed E-state index contributed by atoms with van der Waals surface area (Å²) >= 11 is 1.32. The first-order chi connectivity index (χ1) is 14.5. The lowest BCUT2D eigenvalue weighted by molar-refractivity contribution is -0.113. The average Bonchev–Trinajstić information content (AvgIpc) is 3.31. The Morgan fingerprint density at radius 1 is 1.17 bits per heavy atom. The lowest BCUT2D eigenvalue weighted by atomic mass is 10.2. The highest BCUT2D eigenvalue weighted by Gasteiger charge is 2.14. The number of thioether (sulfide) groups is 1. The van der Waals surface area contributed by atoms with Gasteiger partial charge in [-0.3, -0.25) is 4.79 Å². The van der Waals surface area contributed by atoms with Crippen molar-refractivity contribution < 1.29 is 9.53 Å². The zero-order valence-electron chi connectivity index (χ0n) is 16.9. The SMILES string of the molecule is COc1ccc(C)cc1NC(=O)CSc1nnc(Cn2nnc3ccccc32)n1C. The normalized spacial score (nSPS) is 11.0. The number of carbonyl (C=O) groups excluding carboxylic acids is 1. The van der Waals surface area contributed by atoms with Crippen molar-refractivity contribution in [1.29, 1.82) is 0 Å². The zero-order valence-corrected chi connectivity index (χ0v) is 17.7. The van der Waals surface area contributed by atoms with Gasteiger partial charge in [-0.2, -0.15) is 0 Å². The lowest BCUT2D eigenvalue weighted by Gasteiger charge is -2.11. The number of carbonyl (C=O) groups is 1. The van der Waals surface area contributed by atoms with Crippen LogP contribution in [0.1, 0.15) is 11.4 Å². The second-order valence-corrected chi connectivity index (χ2v) is 7.68. The predicted molar refractivity (Wildman–Crippen MR) is 115 cm³/mol. The molecule has 1 amide bonds. The summed E-state index contributed by atoms with van der Waals surface area (Å²) in [7, 11) is 3.45. The molecule has 0 fully saturated rings. The molecule has 2 heterocycles. The van der Waals surface area contributed by atoms with E-state index in [1.807, 2.05) is 61.0 Å². The van der Waals surface area contributed by atoms with E-state index in [0.717, 1.165) is 22.4 Å². The molecule has 0 atom stereocenters. The highest BCUT2D eigenvalue weighted by atomic mass is 32.2. The van der Waals surface area contributed by atoms with Crippen molar-refractivity contribution in [3.8, 4) is 5.75 Å². The number of hydrogen-bond donors (Lipinski definition) is 1. The van der Waals surface area contributed by atoms with E-state index in [1.54, 1.807) is 11.8 Å². The fourth-order valence-corrected chi connectivity index (χ4v) is 3.74. The zero-order chi connectivity index (χ0) is 21.1. The first-order valence-electron chi connectivity index (χ1n) is 9.29. The minimum absolute atomic E-state index is 0.143. The lowest BCUT2D eigenvalue weighted by Crippen LogP contribution is -2.15. The van der Waals surface area contributed by atoms with Gasteiger partial charge in [-0.1, -0.05) is 35.2 Å². The molecule has 0 aliphatic carbocycles. The maximum Gasteiger partial charge on any atom is 0.234 e. The summed E-state index contributed by atoms with van der Waals surface area (Å²) in [4.78, 5) is 12.4. The number of rotatable bonds is 7. The Labute approximate surface area is 177 Å². The van der Waals surface area contributed by atoms with E-state index in [-0.39, 0.29) is 11.7 Å². The fraction of sp³-hybridized carbons (Fsp3) is 0.250. The third kappa shape index (κ3) is 4.13. The highest BCUT2D eigenvalue weighted by Crippen LogP contribution is 2.26. The molecule has 154 valence electrons. The number of nitrogens with one attached hydrogen (secondary N) is 1. The topological polar surface area (TPSA) is 99.8 Å². The number of aryl methyl sites for hydroxylation is 1. The van der Waals surface area contributed by atoms with Crippen molar-refractivity contribution in [2.75, 3.05) is 18.2 Å². The monoisotopic (exact) mass is 423 g/mol. The number of ether oxygens (including phenoxy) is 1. The molecule has 0 bridgehead atoms. The van der Waals surface area contributed by atoms with E-state index in [9.17, 15) is 4.79 Å². The number of benzene rings is 2. The first kappa shape index (κ1) is 19.9. The number of fused-ring (bicyclic) bond motifs is 1. The highest BCUT2D eigenvalue weighted by molar-refractivity contribution is 7.99. The quantitative estimate of drug-likeness (QED) is 0.456. The molecule has 2 aromatic carbocycles. The summed E-state index contributed by atoms with van der Waals surface area (Å²) in [6.45, 7) is 2.40. The summed E-state index contributed by atoms with van der Waals surface area (Å²) in [6.07, 6.45) is 0. The number of anilines is 1. The molecular weight excluding hydrogens is 402 g/mol. The molecule has 4 aromatic rings. The molecule has 10 heteroatoms. The van der Waals surface area contributed by atoms with Gasteiger partial charge in [0.05, 0.1) is 24.1 Å². The van der Waals surface area contributed by atoms with E-state index >= 15 is 0 Å². The van der Waals surface area contributed by atoms with Gasteiger partial charge >= 0.3 is 0 Å². The van der Waals surface area contributed by atoms with Gasteiger partial charge in [0, 0.05) is 7.05 Å². The second-order valence-electron chi connectivity index (χ2n) is 6.73. The van der Waals surface area contributed by atoms with Crippen molar-refractivity contribution in [3.63, 3.8) is 0 Å². The van der Waals surface area contributed by atoms with Crippen LogP contribution in [0.3, 0.4) is 0 Å². The van der Waals surface area contributed by atoms with Crippen LogP contribution in [0, 0.1) is 6.92 Å². The van der Waals surface area contributed by atoms with Crippen LogP contribution < -0.4 is 10.1 Å². The van der Waals surface area contributed by atoms with E-state index < -0.39 is 0 Å². The van der Waals surface area contributed by atoms with E-state index in [1.165, 1.54) is 11.8 Å². The van der Waals surface area contributed by atoms with Crippen LogP contribution in [-0.4, -0.2) is 48.5 Å². The van der Waals surface area contributed by atoms with Gasteiger partial charge in [-0.15, -0.1) is 15.3 Å². The van der Waals surface area contributed by atoms with Gasteiger partial charge in [0.1, 0.15) is 17.8 Å². The summed E-state index contributed by atoms with van der Waals surface area (Å²) in [6, 6.07) is 13.4. The maximum atomic E-state index is 12.4. The van der Waals surface area contributed by atoms with E-state index in [2.05, 4.69) is 25.8 Å². The Balaban J connectivity index is 1.41. The van der Waals surface area contributed by atoms with Crippen LogP contribution in [0.25, 0.3) is 11.0 Å². The fourth-order valence-electron chi connectivity index (χ4n) is 3.01. The number of hydrogen-bond acceptors (Lipinski definition) is 7. The standard InChI is InChI=1S/C20H21N7O2S/c1-13-8-9-17(29-3)15(10-13)21-19(28)12-30-20-24-23-18(26(20)2)11-27-16-7-5-4-6-14(16)22-25-27/h4-10H,11-12H2,1-3H3,(H,21,28). The largest absolute Gasteiger partial charge is 0.495 e. The summed E-state index contributed by atoms with van der Waals surface area (Å²) in [5, 5.41) is 20.4. The van der Waals surface area contributed by atoms with Crippen LogP contribution in [0.15, 0.2) is 47.6 Å².